The molecule has 1 N–H and O–H groups in total. The van der Waals surface area contributed by atoms with Crippen molar-refractivity contribution in [1.82, 2.24) is 4.90 Å². The van der Waals surface area contributed by atoms with E-state index in [0.29, 0.717) is 5.41 Å². The quantitative estimate of drug-likeness (QED) is 0.730. The van der Waals surface area contributed by atoms with Crippen LogP contribution in [0.25, 0.3) is 0 Å². The van der Waals surface area contributed by atoms with Crippen LogP contribution in [0.1, 0.15) is 32.6 Å². The number of hydrogen-bond acceptors (Lipinski definition) is 2. The molecular weight excluding hydrogens is 178 g/mol. The van der Waals surface area contributed by atoms with E-state index in [2.05, 4.69) is 11.8 Å². The first kappa shape index (κ1) is 9.97. The number of aliphatic carboxylic acids is 1. The molecule has 0 amide bonds. The van der Waals surface area contributed by atoms with Crippen molar-refractivity contribution in [2.75, 3.05) is 19.6 Å². The standard InChI is InChI=1S/C11H19NO2/c1-2-12-6-5-11(8-12)4-3-9(7-11)10(13)14/h9H,2-8H2,1H3,(H,13,14). The number of hydrogen-bond donors (Lipinski definition) is 1. The maximum Gasteiger partial charge on any atom is 0.306 e. The molecule has 1 saturated carbocycles. The summed E-state index contributed by atoms with van der Waals surface area (Å²) in [7, 11) is 0. The molecule has 1 heterocycles. The number of likely N-dealkylation sites (tertiary alicyclic amines) is 1. The van der Waals surface area contributed by atoms with Crippen molar-refractivity contribution >= 4 is 5.97 Å². The molecule has 2 fully saturated rings. The van der Waals surface area contributed by atoms with Gasteiger partial charge in [0.2, 0.25) is 0 Å². The molecule has 0 aromatic carbocycles. The van der Waals surface area contributed by atoms with Gasteiger partial charge < -0.3 is 10.0 Å². The molecule has 3 heteroatoms. The second-order valence-electron chi connectivity index (χ2n) is 4.90. The third kappa shape index (κ3) is 1.65. The van der Waals surface area contributed by atoms with Crippen LogP contribution in [-0.4, -0.2) is 35.6 Å². The second-order valence-corrected chi connectivity index (χ2v) is 4.90. The first-order chi connectivity index (χ1) is 6.65. The van der Waals surface area contributed by atoms with Gasteiger partial charge in [0.1, 0.15) is 0 Å². The van der Waals surface area contributed by atoms with Crippen LogP contribution in [0.5, 0.6) is 0 Å². The van der Waals surface area contributed by atoms with E-state index in [1.54, 1.807) is 0 Å². The maximum atomic E-state index is 10.9. The third-order valence-corrected chi connectivity index (χ3v) is 4.02. The molecule has 1 spiro atoms. The summed E-state index contributed by atoms with van der Waals surface area (Å²) in [5.74, 6) is -0.649. The minimum atomic E-state index is -0.586. The lowest BCUT2D eigenvalue weighted by molar-refractivity contribution is -0.141. The zero-order valence-electron chi connectivity index (χ0n) is 8.83. The maximum absolute atomic E-state index is 10.9. The molecule has 80 valence electrons. The van der Waals surface area contributed by atoms with E-state index in [9.17, 15) is 4.79 Å². The summed E-state index contributed by atoms with van der Waals surface area (Å²) in [5.41, 5.74) is 0.360. The summed E-state index contributed by atoms with van der Waals surface area (Å²) in [6.45, 7) is 5.60. The van der Waals surface area contributed by atoms with Gasteiger partial charge in [-0.05, 0) is 44.2 Å². The van der Waals surface area contributed by atoms with Crippen LogP contribution in [0.15, 0.2) is 0 Å². The lowest BCUT2D eigenvalue weighted by Crippen LogP contribution is -2.25. The van der Waals surface area contributed by atoms with Crippen LogP contribution in [0, 0.1) is 11.3 Å². The molecule has 0 radical (unpaired) electrons. The Kier molecular flexibility index (Phi) is 2.52. The average Bonchev–Trinajstić information content (AvgIpc) is 2.74. The zero-order valence-corrected chi connectivity index (χ0v) is 8.83. The van der Waals surface area contributed by atoms with E-state index in [1.807, 2.05) is 0 Å². The molecule has 1 saturated heterocycles. The minimum Gasteiger partial charge on any atom is -0.481 e. The molecule has 14 heavy (non-hydrogen) atoms. The van der Waals surface area contributed by atoms with Crippen LogP contribution >= 0.6 is 0 Å². The van der Waals surface area contributed by atoms with E-state index in [4.69, 9.17) is 5.11 Å². The molecule has 1 aliphatic carbocycles. The highest BCUT2D eigenvalue weighted by atomic mass is 16.4. The highest BCUT2D eigenvalue weighted by molar-refractivity contribution is 5.70. The Morgan fingerprint density at radius 2 is 2.36 bits per heavy atom. The third-order valence-electron chi connectivity index (χ3n) is 4.02. The molecule has 0 aromatic heterocycles. The number of rotatable bonds is 2. The van der Waals surface area contributed by atoms with Crippen molar-refractivity contribution in [1.29, 1.82) is 0 Å². The molecule has 3 nitrogen and oxygen atoms in total. The summed E-state index contributed by atoms with van der Waals surface area (Å²) in [6.07, 6.45) is 4.15. The van der Waals surface area contributed by atoms with Gasteiger partial charge in [-0.3, -0.25) is 4.79 Å². The van der Waals surface area contributed by atoms with Crippen molar-refractivity contribution in [2.24, 2.45) is 11.3 Å². The van der Waals surface area contributed by atoms with Gasteiger partial charge in [-0.15, -0.1) is 0 Å². The predicted octanol–water partition coefficient (Wildman–Crippen LogP) is 1.58. The number of nitrogens with zero attached hydrogens (tertiary/aromatic N) is 1. The highest BCUT2D eigenvalue weighted by Crippen LogP contribution is 2.47. The van der Waals surface area contributed by atoms with E-state index in [0.717, 1.165) is 32.4 Å². The fourth-order valence-corrected chi connectivity index (χ4v) is 3.09. The highest BCUT2D eigenvalue weighted by Gasteiger charge is 2.45. The molecule has 2 rings (SSSR count). The fraction of sp³-hybridized carbons (Fsp3) is 0.909. The second kappa shape index (κ2) is 3.54. The van der Waals surface area contributed by atoms with Gasteiger partial charge in [-0.2, -0.15) is 0 Å². The number of carbonyl (C=O) groups is 1. The molecule has 0 aromatic rings. The van der Waals surface area contributed by atoms with Gasteiger partial charge in [0.15, 0.2) is 0 Å². The molecule has 1 aliphatic heterocycles. The monoisotopic (exact) mass is 197 g/mol. The fourth-order valence-electron chi connectivity index (χ4n) is 3.09. The summed E-state index contributed by atoms with van der Waals surface area (Å²) in [6, 6.07) is 0. The van der Waals surface area contributed by atoms with Crippen molar-refractivity contribution in [3.05, 3.63) is 0 Å². The Balaban J connectivity index is 1.97. The average molecular weight is 197 g/mol. The Morgan fingerprint density at radius 1 is 1.57 bits per heavy atom. The van der Waals surface area contributed by atoms with Crippen molar-refractivity contribution in [3.8, 4) is 0 Å². The number of carboxylic acid groups (broad SMARTS) is 1. The van der Waals surface area contributed by atoms with Gasteiger partial charge in [0, 0.05) is 6.54 Å². The van der Waals surface area contributed by atoms with Gasteiger partial charge in [-0.1, -0.05) is 6.92 Å². The SMILES string of the molecule is CCN1CCC2(CCC(C(=O)O)C2)C1. The lowest BCUT2D eigenvalue weighted by atomic mass is 9.84. The van der Waals surface area contributed by atoms with E-state index in [1.165, 1.54) is 13.0 Å². The summed E-state index contributed by atoms with van der Waals surface area (Å²) >= 11 is 0. The van der Waals surface area contributed by atoms with Crippen LogP contribution < -0.4 is 0 Å². The number of carboxylic acids is 1. The van der Waals surface area contributed by atoms with Crippen LogP contribution in [0.2, 0.25) is 0 Å². The summed E-state index contributed by atoms with van der Waals surface area (Å²) < 4.78 is 0. The molecule has 2 aliphatic rings. The smallest absolute Gasteiger partial charge is 0.306 e. The Labute approximate surface area is 85.1 Å². The summed E-state index contributed by atoms with van der Waals surface area (Å²) in [5, 5.41) is 8.97. The Bertz CT molecular complexity index is 241. The Morgan fingerprint density at radius 3 is 2.86 bits per heavy atom. The van der Waals surface area contributed by atoms with E-state index < -0.39 is 5.97 Å². The van der Waals surface area contributed by atoms with Gasteiger partial charge in [0.05, 0.1) is 5.92 Å². The normalized spacial score (nSPS) is 38.2. The lowest BCUT2D eigenvalue weighted by Gasteiger charge is -2.23. The largest absolute Gasteiger partial charge is 0.481 e. The van der Waals surface area contributed by atoms with Crippen LogP contribution in [0.4, 0.5) is 0 Å². The van der Waals surface area contributed by atoms with Crippen LogP contribution in [0.3, 0.4) is 0 Å². The predicted molar refractivity (Wildman–Crippen MR) is 54.1 cm³/mol. The van der Waals surface area contributed by atoms with Crippen molar-refractivity contribution in [2.45, 2.75) is 32.6 Å². The van der Waals surface area contributed by atoms with E-state index >= 15 is 0 Å². The molecule has 2 atom stereocenters. The Hall–Kier alpha value is -0.570. The molecular formula is C11H19NO2. The van der Waals surface area contributed by atoms with Crippen LogP contribution in [-0.2, 0) is 4.79 Å². The van der Waals surface area contributed by atoms with Crippen molar-refractivity contribution in [3.63, 3.8) is 0 Å². The first-order valence-corrected chi connectivity index (χ1v) is 5.60. The molecule has 2 unspecified atom stereocenters. The van der Waals surface area contributed by atoms with Gasteiger partial charge in [0.25, 0.3) is 0 Å². The van der Waals surface area contributed by atoms with Gasteiger partial charge >= 0.3 is 5.97 Å². The summed E-state index contributed by atoms with van der Waals surface area (Å²) in [4.78, 5) is 13.3. The van der Waals surface area contributed by atoms with Crippen molar-refractivity contribution < 1.29 is 9.90 Å². The van der Waals surface area contributed by atoms with Gasteiger partial charge in [-0.25, -0.2) is 0 Å². The first-order valence-electron chi connectivity index (χ1n) is 5.60. The topological polar surface area (TPSA) is 40.5 Å². The minimum absolute atomic E-state index is 0.0631. The zero-order chi connectivity index (χ0) is 10.2. The molecule has 0 bridgehead atoms. The van der Waals surface area contributed by atoms with E-state index in [-0.39, 0.29) is 5.92 Å².